The second-order valence-corrected chi connectivity index (χ2v) is 9.96. The van der Waals surface area contributed by atoms with Crippen LogP contribution in [0.1, 0.15) is 17.2 Å². The number of para-hydroxylation sites is 1. The van der Waals surface area contributed by atoms with E-state index in [0.29, 0.717) is 50.8 Å². The predicted octanol–water partition coefficient (Wildman–Crippen LogP) is 4.44. The van der Waals surface area contributed by atoms with Gasteiger partial charge in [0.15, 0.2) is 23.0 Å². The van der Waals surface area contributed by atoms with Crippen molar-refractivity contribution in [3.8, 4) is 23.0 Å². The second-order valence-electron chi connectivity index (χ2n) is 9.96. The number of carbonyl (C=O) groups is 2. The molecule has 12 heteroatoms. The summed E-state index contributed by atoms with van der Waals surface area (Å²) in [4.78, 5) is 29.8. The minimum atomic E-state index is -1.13. The second kappa shape index (κ2) is 11.0. The summed E-state index contributed by atoms with van der Waals surface area (Å²) in [5.41, 5.74) is 2.87. The Labute approximate surface area is 244 Å². The van der Waals surface area contributed by atoms with Gasteiger partial charge in [0, 0.05) is 18.3 Å². The van der Waals surface area contributed by atoms with Gasteiger partial charge in [-0.15, -0.1) is 5.10 Å². The summed E-state index contributed by atoms with van der Waals surface area (Å²) >= 11 is 0. The van der Waals surface area contributed by atoms with Gasteiger partial charge in [-0.3, -0.25) is 9.59 Å². The van der Waals surface area contributed by atoms with Crippen molar-refractivity contribution in [3.05, 3.63) is 102 Å². The minimum absolute atomic E-state index is 0.000585. The summed E-state index contributed by atoms with van der Waals surface area (Å²) in [5.74, 6) is 0.732. The number of carbonyl (C=O) groups excluding carboxylic acids is 2. The standard InChI is InChI=1S/C31H24FN5O6/c32-21-8-5-19(6-9-21)15-36(29(38)16-37-24-4-2-1-3-23(24)34-35-37)30(20-7-11-25-27(13-20)42-17-40-25)31(39)33-22-10-12-26-28(14-22)43-18-41-26/h1-14,30H,15-18H2,(H,33,39). The number of ether oxygens (including phenoxy) is 4. The van der Waals surface area contributed by atoms with Crippen LogP contribution < -0.4 is 24.3 Å². The van der Waals surface area contributed by atoms with Crippen molar-refractivity contribution in [1.82, 2.24) is 19.9 Å². The number of nitrogens with one attached hydrogen (secondary N) is 1. The Morgan fingerprint density at radius 3 is 2.35 bits per heavy atom. The largest absolute Gasteiger partial charge is 0.454 e. The van der Waals surface area contributed by atoms with E-state index in [0.717, 1.165) is 0 Å². The first-order chi connectivity index (χ1) is 21.0. The van der Waals surface area contributed by atoms with E-state index in [4.69, 9.17) is 18.9 Å². The molecule has 5 aromatic rings. The predicted molar refractivity (Wildman–Crippen MR) is 151 cm³/mol. The van der Waals surface area contributed by atoms with E-state index in [-0.39, 0.29) is 26.7 Å². The van der Waals surface area contributed by atoms with Gasteiger partial charge in [-0.05, 0) is 59.7 Å². The third-order valence-corrected chi connectivity index (χ3v) is 7.20. The van der Waals surface area contributed by atoms with Crippen molar-refractivity contribution >= 4 is 28.5 Å². The Morgan fingerprint density at radius 2 is 1.56 bits per heavy atom. The first kappa shape index (κ1) is 26.3. The Kier molecular flexibility index (Phi) is 6.70. The third-order valence-electron chi connectivity index (χ3n) is 7.20. The van der Waals surface area contributed by atoms with Crippen molar-refractivity contribution < 1.29 is 32.9 Å². The highest BCUT2D eigenvalue weighted by Crippen LogP contribution is 2.38. The zero-order valence-electron chi connectivity index (χ0n) is 22.6. The minimum Gasteiger partial charge on any atom is -0.454 e. The van der Waals surface area contributed by atoms with Crippen LogP contribution in [0.5, 0.6) is 23.0 Å². The number of amides is 2. The molecule has 2 amide bonds. The molecule has 0 fully saturated rings. The highest BCUT2D eigenvalue weighted by atomic mass is 19.1. The molecule has 1 N–H and O–H groups in total. The number of aromatic nitrogens is 3. The normalized spacial score (nSPS) is 13.6. The summed E-state index contributed by atoms with van der Waals surface area (Å²) in [6.45, 7) is -0.0621. The van der Waals surface area contributed by atoms with Crippen molar-refractivity contribution in [1.29, 1.82) is 0 Å². The van der Waals surface area contributed by atoms with Crippen LogP contribution in [0.15, 0.2) is 84.9 Å². The first-order valence-electron chi connectivity index (χ1n) is 13.4. The van der Waals surface area contributed by atoms with Crippen molar-refractivity contribution in [2.75, 3.05) is 18.9 Å². The zero-order chi connectivity index (χ0) is 29.3. The molecule has 216 valence electrons. The van der Waals surface area contributed by atoms with Gasteiger partial charge in [0.25, 0.3) is 5.91 Å². The molecule has 43 heavy (non-hydrogen) atoms. The molecule has 0 aliphatic carbocycles. The van der Waals surface area contributed by atoms with Gasteiger partial charge in [-0.1, -0.05) is 35.5 Å². The molecule has 1 unspecified atom stereocenters. The van der Waals surface area contributed by atoms with Crippen LogP contribution in [-0.2, 0) is 22.7 Å². The SMILES string of the molecule is O=C(Nc1ccc2c(c1)OCO2)C(c1ccc2c(c1)OCO2)N(Cc1ccc(F)cc1)C(=O)Cn1nnc2ccccc21. The number of hydrogen-bond donors (Lipinski definition) is 1. The highest BCUT2D eigenvalue weighted by molar-refractivity contribution is 5.98. The van der Waals surface area contributed by atoms with E-state index < -0.39 is 23.7 Å². The van der Waals surface area contributed by atoms with E-state index in [1.807, 2.05) is 18.2 Å². The summed E-state index contributed by atoms with van der Waals surface area (Å²) in [6, 6.07) is 22.1. The number of nitrogens with zero attached hydrogens (tertiary/aromatic N) is 4. The van der Waals surface area contributed by atoms with Gasteiger partial charge in [0.2, 0.25) is 19.5 Å². The maximum absolute atomic E-state index is 14.2. The van der Waals surface area contributed by atoms with Crippen LogP contribution in [-0.4, -0.2) is 45.3 Å². The number of fused-ring (bicyclic) bond motifs is 3. The van der Waals surface area contributed by atoms with Crippen LogP contribution in [0.2, 0.25) is 0 Å². The van der Waals surface area contributed by atoms with Crippen molar-refractivity contribution in [2.45, 2.75) is 19.1 Å². The van der Waals surface area contributed by atoms with E-state index in [1.54, 1.807) is 54.6 Å². The molecule has 0 spiro atoms. The molecule has 0 bridgehead atoms. The summed E-state index contributed by atoms with van der Waals surface area (Å²) in [5, 5.41) is 11.2. The number of hydrogen-bond acceptors (Lipinski definition) is 8. The average molecular weight is 582 g/mol. The molecule has 1 aromatic heterocycles. The quantitative estimate of drug-likeness (QED) is 0.286. The monoisotopic (exact) mass is 581 g/mol. The maximum Gasteiger partial charge on any atom is 0.251 e. The third kappa shape index (κ3) is 5.25. The van der Waals surface area contributed by atoms with Crippen LogP contribution >= 0.6 is 0 Å². The lowest BCUT2D eigenvalue weighted by Gasteiger charge is -2.32. The van der Waals surface area contributed by atoms with Crippen molar-refractivity contribution in [2.24, 2.45) is 0 Å². The Balaban J connectivity index is 1.28. The summed E-state index contributed by atoms with van der Waals surface area (Å²) in [6.07, 6.45) is 0. The zero-order valence-corrected chi connectivity index (χ0v) is 22.6. The molecule has 0 saturated carbocycles. The number of rotatable bonds is 8. The number of benzene rings is 4. The molecular weight excluding hydrogens is 557 g/mol. The lowest BCUT2D eigenvalue weighted by Crippen LogP contribution is -2.42. The van der Waals surface area contributed by atoms with Gasteiger partial charge >= 0.3 is 0 Å². The first-order valence-corrected chi connectivity index (χ1v) is 13.4. The smallest absolute Gasteiger partial charge is 0.251 e. The van der Waals surface area contributed by atoms with Crippen molar-refractivity contribution in [3.63, 3.8) is 0 Å². The van der Waals surface area contributed by atoms with Crippen LogP contribution in [0.3, 0.4) is 0 Å². The molecule has 1 atom stereocenters. The fourth-order valence-corrected chi connectivity index (χ4v) is 5.10. The number of anilines is 1. The Hall–Kier alpha value is -5.65. The fraction of sp³-hybridized carbons (Fsp3) is 0.161. The molecule has 3 heterocycles. The fourth-order valence-electron chi connectivity index (χ4n) is 5.10. The van der Waals surface area contributed by atoms with Crippen LogP contribution in [0.25, 0.3) is 11.0 Å². The molecule has 2 aliphatic rings. The van der Waals surface area contributed by atoms with Gasteiger partial charge in [-0.25, -0.2) is 9.07 Å². The molecule has 7 rings (SSSR count). The topological polar surface area (TPSA) is 117 Å². The lowest BCUT2D eigenvalue weighted by atomic mass is 10.0. The summed E-state index contributed by atoms with van der Waals surface area (Å²) < 4.78 is 37.2. The molecule has 4 aromatic carbocycles. The van der Waals surface area contributed by atoms with E-state index in [2.05, 4.69) is 15.6 Å². The molecule has 0 saturated heterocycles. The molecule has 0 radical (unpaired) electrons. The average Bonchev–Trinajstić information content (AvgIpc) is 3.77. The van der Waals surface area contributed by atoms with Crippen LogP contribution in [0.4, 0.5) is 10.1 Å². The Morgan fingerprint density at radius 1 is 0.860 bits per heavy atom. The molecular formula is C31H24FN5O6. The number of halogens is 1. The highest BCUT2D eigenvalue weighted by Gasteiger charge is 2.34. The van der Waals surface area contributed by atoms with Gasteiger partial charge in [0.1, 0.15) is 23.9 Å². The van der Waals surface area contributed by atoms with Crippen LogP contribution in [0, 0.1) is 5.82 Å². The lowest BCUT2D eigenvalue weighted by molar-refractivity contribution is -0.140. The van der Waals surface area contributed by atoms with E-state index >= 15 is 0 Å². The van der Waals surface area contributed by atoms with Gasteiger partial charge < -0.3 is 29.2 Å². The molecule has 2 aliphatic heterocycles. The van der Waals surface area contributed by atoms with E-state index in [9.17, 15) is 14.0 Å². The van der Waals surface area contributed by atoms with Gasteiger partial charge in [0.05, 0.1) is 5.52 Å². The maximum atomic E-state index is 14.2. The van der Waals surface area contributed by atoms with Gasteiger partial charge in [-0.2, -0.15) is 0 Å². The summed E-state index contributed by atoms with van der Waals surface area (Å²) in [7, 11) is 0. The molecule has 11 nitrogen and oxygen atoms in total. The Bertz CT molecular complexity index is 1840. The van der Waals surface area contributed by atoms with E-state index in [1.165, 1.54) is 21.7 Å².